The van der Waals surface area contributed by atoms with Crippen LogP contribution in [0.1, 0.15) is 81.8 Å². The summed E-state index contributed by atoms with van der Waals surface area (Å²) in [5, 5.41) is 57.3. The van der Waals surface area contributed by atoms with Crippen LogP contribution in [0.5, 0.6) is 11.5 Å². The number of fused-ring (bicyclic) bond motifs is 5. The van der Waals surface area contributed by atoms with Crippen LogP contribution in [0.25, 0.3) is 0 Å². The van der Waals surface area contributed by atoms with Crippen molar-refractivity contribution in [3.05, 3.63) is 67.9 Å². The highest BCUT2D eigenvalue weighted by molar-refractivity contribution is 6.53. The minimum Gasteiger partial charge on any atom is -0.507 e. The second kappa shape index (κ2) is 14.1. The molecule has 0 unspecified atom stereocenters. The molecule has 288 valence electrons. The first kappa shape index (κ1) is 38.8. The highest BCUT2D eigenvalue weighted by Gasteiger charge is 2.72. The summed E-state index contributed by atoms with van der Waals surface area (Å²) < 4.78 is 21.7. The van der Waals surface area contributed by atoms with Gasteiger partial charge in [0.15, 0.2) is 23.2 Å². The van der Waals surface area contributed by atoms with Crippen molar-refractivity contribution in [1.29, 1.82) is 0 Å². The fourth-order valence-electron chi connectivity index (χ4n) is 7.99. The van der Waals surface area contributed by atoms with Crippen molar-refractivity contribution in [3.63, 3.8) is 0 Å². The lowest BCUT2D eigenvalue weighted by molar-refractivity contribution is -0.181. The molecule has 54 heavy (non-hydrogen) atoms. The second-order valence-electron chi connectivity index (χ2n) is 13.2. The van der Waals surface area contributed by atoms with Gasteiger partial charge in [0.2, 0.25) is 17.3 Å². The number of carbonyl (C=O) groups excluding carboxylic acids is 5. The molecule has 0 radical (unpaired) electrons. The molecule has 18 nitrogen and oxygen atoms in total. The number of esters is 1. The summed E-state index contributed by atoms with van der Waals surface area (Å²) in [7, 11) is 3.35. The molecule has 0 spiro atoms. The summed E-state index contributed by atoms with van der Waals surface area (Å²) in [6, 6.07) is 2.17. The third-order valence-corrected chi connectivity index (χ3v) is 10.4. The SMILES string of the molecule is COC(=O)c1c(C)cc2c(c1O)[C@]1(O)C(=O)c3cc4c(c(O)c3C(=O)[C@]1(OC)[C@H](O)C2)C(=O)CC(=N[C@H]1O[C@@H](C)[C@H](OC)C(NOCCN)=C1CO)C4=O. The van der Waals surface area contributed by atoms with E-state index in [9.17, 15) is 49.5 Å². The maximum absolute atomic E-state index is 14.7. The second-order valence-corrected chi connectivity index (χ2v) is 13.2. The van der Waals surface area contributed by atoms with Crippen LogP contribution in [-0.2, 0) is 35.8 Å². The number of aromatic hydroxyl groups is 2. The van der Waals surface area contributed by atoms with E-state index in [0.29, 0.717) is 0 Å². The zero-order valence-electron chi connectivity index (χ0n) is 29.8. The van der Waals surface area contributed by atoms with Gasteiger partial charge in [0, 0.05) is 49.4 Å². The summed E-state index contributed by atoms with van der Waals surface area (Å²) >= 11 is 0. The zero-order valence-corrected chi connectivity index (χ0v) is 29.8. The maximum Gasteiger partial charge on any atom is 0.341 e. The van der Waals surface area contributed by atoms with Gasteiger partial charge in [0.25, 0.3) is 0 Å². The van der Waals surface area contributed by atoms with E-state index in [-0.39, 0.29) is 35.5 Å². The van der Waals surface area contributed by atoms with Gasteiger partial charge in [-0.15, -0.1) is 0 Å². The lowest BCUT2D eigenvalue weighted by atomic mass is 9.56. The molecule has 4 aliphatic rings. The van der Waals surface area contributed by atoms with E-state index in [1.54, 1.807) is 6.92 Å². The van der Waals surface area contributed by atoms with Crippen molar-refractivity contribution in [3.8, 4) is 11.5 Å². The Labute approximate surface area is 307 Å². The fourth-order valence-corrected chi connectivity index (χ4v) is 7.99. The third kappa shape index (κ3) is 5.24. The Hall–Kier alpha value is -4.92. The Balaban J connectivity index is 1.53. The summed E-state index contributed by atoms with van der Waals surface area (Å²) in [6.45, 7) is 2.68. The topological polar surface area (TPSA) is 283 Å². The number of phenolic OH excluding ortho intramolecular Hbond substituents is 2. The number of ketones is 4. The van der Waals surface area contributed by atoms with E-state index < -0.39 is 135 Å². The van der Waals surface area contributed by atoms with E-state index in [4.69, 9.17) is 29.5 Å². The number of carbonyl (C=O) groups is 5. The summed E-state index contributed by atoms with van der Waals surface area (Å²) in [4.78, 5) is 79.4. The first-order chi connectivity index (χ1) is 25.6. The number of aliphatic imine (C=N–C) groups is 1. The van der Waals surface area contributed by atoms with E-state index in [0.717, 1.165) is 20.3 Å². The number of ether oxygens (including phenoxy) is 4. The molecule has 0 saturated carbocycles. The molecule has 0 amide bonds. The van der Waals surface area contributed by atoms with Crippen LogP contribution in [0.3, 0.4) is 0 Å². The number of hydrogen-bond acceptors (Lipinski definition) is 18. The van der Waals surface area contributed by atoms with Crippen molar-refractivity contribution in [2.75, 3.05) is 41.1 Å². The molecule has 0 saturated heterocycles. The van der Waals surface area contributed by atoms with Crippen molar-refractivity contribution in [2.45, 2.75) is 62.4 Å². The predicted molar refractivity (Wildman–Crippen MR) is 182 cm³/mol. The molecule has 18 heteroatoms. The number of phenols is 2. The van der Waals surface area contributed by atoms with E-state index in [2.05, 4.69) is 10.5 Å². The Kier molecular flexibility index (Phi) is 10.1. The van der Waals surface area contributed by atoms with Crippen LogP contribution in [-0.4, -0.2) is 132 Å². The molecule has 1 aliphatic heterocycles. The highest BCUT2D eigenvalue weighted by Crippen LogP contribution is 2.56. The summed E-state index contributed by atoms with van der Waals surface area (Å²) in [5.74, 6) is -7.65. The summed E-state index contributed by atoms with van der Waals surface area (Å²) in [5.41, 5.74) is -1.70. The number of aliphatic hydroxyl groups is 3. The van der Waals surface area contributed by atoms with Crippen LogP contribution in [0.15, 0.2) is 28.4 Å². The first-order valence-corrected chi connectivity index (χ1v) is 16.7. The molecular formula is C36H39N3O15. The van der Waals surface area contributed by atoms with Gasteiger partial charge in [-0.2, -0.15) is 0 Å². The number of nitrogens with one attached hydrogen (secondary N) is 1. The Morgan fingerprint density at radius 1 is 1.07 bits per heavy atom. The smallest absolute Gasteiger partial charge is 0.341 e. The van der Waals surface area contributed by atoms with Crippen LogP contribution < -0.4 is 11.2 Å². The lowest BCUT2D eigenvalue weighted by Gasteiger charge is -2.52. The number of Topliss-reactive ketones (excluding diaryl/α,β-unsaturated/α-hetero) is 4. The number of aryl methyl sites for hydroxylation is 1. The molecule has 1 heterocycles. The first-order valence-electron chi connectivity index (χ1n) is 16.7. The number of rotatable bonds is 9. The van der Waals surface area contributed by atoms with Crippen molar-refractivity contribution in [2.24, 2.45) is 10.7 Å². The molecule has 2 aromatic carbocycles. The highest BCUT2D eigenvalue weighted by atomic mass is 16.6. The molecule has 0 aromatic heterocycles. The van der Waals surface area contributed by atoms with Crippen molar-refractivity contribution >= 4 is 34.8 Å². The average Bonchev–Trinajstić information content (AvgIpc) is 3.12. The van der Waals surface area contributed by atoms with E-state index in [1.165, 1.54) is 20.1 Å². The number of hydroxylamine groups is 1. The Bertz CT molecular complexity index is 2080. The monoisotopic (exact) mass is 753 g/mol. The molecule has 0 bridgehead atoms. The minimum atomic E-state index is -3.25. The number of benzene rings is 2. The van der Waals surface area contributed by atoms with Gasteiger partial charge >= 0.3 is 5.97 Å². The zero-order chi connectivity index (χ0) is 39.6. The molecule has 8 N–H and O–H groups in total. The maximum atomic E-state index is 14.7. The minimum absolute atomic E-state index is 0.0137. The predicted octanol–water partition coefficient (Wildman–Crippen LogP) is -0.542. The fraction of sp³-hybridized carbons (Fsp3) is 0.444. The number of nitrogens with zero attached hydrogens (tertiary/aromatic N) is 1. The normalized spacial score (nSPS) is 28.4. The molecular weight excluding hydrogens is 714 g/mol. The van der Waals surface area contributed by atoms with Crippen molar-refractivity contribution in [1.82, 2.24) is 5.48 Å². The largest absolute Gasteiger partial charge is 0.507 e. The quantitative estimate of drug-likeness (QED) is 0.0961. The van der Waals surface area contributed by atoms with Gasteiger partial charge in [-0.25, -0.2) is 9.79 Å². The van der Waals surface area contributed by atoms with Gasteiger partial charge in [-0.05, 0) is 31.0 Å². The van der Waals surface area contributed by atoms with E-state index in [1.807, 2.05) is 0 Å². The Morgan fingerprint density at radius 2 is 1.78 bits per heavy atom. The van der Waals surface area contributed by atoms with Gasteiger partial charge in [0.05, 0.1) is 61.5 Å². The van der Waals surface area contributed by atoms with Gasteiger partial charge in [0.1, 0.15) is 23.2 Å². The molecule has 3 aliphatic carbocycles. The van der Waals surface area contributed by atoms with E-state index >= 15 is 0 Å². The standard InChI is InChI=1S/C36H39N3O15/c1-13-8-15-9-21(42)36(52-5)32(47)24-17(31(46)35(36,49)25(15)29(45)22(13)34(48)51-4)10-16-23(28(24)44)20(41)11-19(27(16)43)38-33-18(12-40)26(39-53-7-6-37)30(50-3)14(2)54-33/h8,10,14,21,30,33,39-40,42,44-45,49H,6-7,9,11-12,37H2,1-5H3/t14-,21+,30-,33-,35-,36+/m0/s1. The number of nitrogens with two attached hydrogens (primary N) is 1. The van der Waals surface area contributed by atoms with Crippen LogP contribution in [0.2, 0.25) is 0 Å². The number of aliphatic hydroxyl groups excluding tert-OH is 2. The molecule has 0 fully saturated rings. The van der Waals surface area contributed by atoms with Gasteiger partial charge < -0.3 is 50.2 Å². The van der Waals surface area contributed by atoms with Gasteiger partial charge in [-0.3, -0.25) is 29.5 Å². The Morgan fingerprint density at radius 3 is 2.39 bits per heavy atom. The van der Waals surface area contributed by atoms with Crippen LogP contribution in [0, 0.1) is 6.92 Å². The van der Waals surface area contributed by atoms with Crippen LogP contribution >= 0.6 is 0 Å². The third-order valence-electron chi connectivity index (χ3n) is 10.4. The van der Waals surface area contributed by atoms with Crippen molar-refractivity contribution < 1.29 is 73.3 Å². The van der Waals surface area contributed by atoms with Crippen LogP contribution in [0.4, 0.5) is 0 Å². The lowest BCUT2D eigenvalue weighted by Crippen LogP contribution is -2.73. The average molecular weight is 754 g/mol. The molecule has 6 rings (SSSR count). The van der Waals surface area contributed by atoms with Gasteiger partial charge in [-0.1, -0.05) is 6.07 Å². The number of methoxy groups -OCH3 is 3. The molecule has 6 atom stereocenters. The number of hydrogen-bond donors (Lipinski definition) is 7. The molecule has 2 aromatic rings. The summed E-state index contributed by atoms with van der Waals surface area (Å²) in [6.07, 6.45) is -5.97.